The number of urea groups is 1. The van der Waals surface area contributed by atoms with Crippen LogP contribution in [-0.2, 0) is 4.79 Å². The van der Waals surface area contributed by atoms with Crippen LogP contribution in [0.2, 0.25) is 0 Å². The lowest BCUT2D eigenvalue weighted by Crippen LogP contribution is -2.42. The third kappa shape index (κ3) is 5.93. The average Bonchev–Trinajstić information content (AvgIpc) is 2.44. The first-order valence-corrected chi connectivity index (χ1v) is 8.19. The molecule has 1 aromatic rings. The van der Waals surface area contributed by atoms with Gasteiger partial charge in [-0.3, -0.25) is 4.79 Å². The van der Waals surface area contributed by atoms with Gasteiger partial charge in [-0.2, -0.15) is 0 Å². The van der Waals surface area contributed by atoms with Crippen LogP contribution < -0.4 is 16.0 Å². The fourth-order valence-electron chi connectivity index (χ4n) is 2.35. The molecule has 3 amide bonds. The van der Waals surface area contributed by atoms with E-state index in [4.69, 9.17) is 0 Å². The summed E-state index contributed by atoms with van der Waals surface area (Å²) in [5.74, 6) is 0.390. The minimum absolute atomic E-state index is 0.0345. The number of nitrogens with one attached hydrogen (secondary N) is 3. The molecule has 0 heterocycles. The Morgan fingerprint density at radius 3 is 1.91 bits per heavy atom. The molecule has 5 heteroatoms. The Balaban J connectivity index is 2.82. The van der Waals surface area contributed by atoms with E-state index in [0.29, 0.717) is 11.8 Å². The van der Waals surface area contributed by atoms with Gasteiger partial charge in [0.05, 0.1) is 6.54 Å². The number of carbonyl (C=O) groups is 2. The SMILES string of the molecule is CC(C)NC(=O)NCC(=O)Nc1c(C(C)C)cccc1C(C)C. The van der Waals surface area contributed by atoms with Crippen LogP contribution in [0.5, 0.6) is 0 Å². The first-order chi connectivity index (χ1) is 10.7. The smallest absolute Gasteiger partial charge is 0.315 e. The zero-order chi connectivity index (χ0) is 17.6. The maximum Gasteiger partial charge on any atom is 0.315 e. The van der Waals surface area contributed by atoms with E-state index in [1.807, 2.05) is 32.0 Å². The van der Waals surface area contributed by atoms with E-state index >= 15 is 0 Å². The zero-order valence-electron chi connectivity index (χ0n) is 15.0. The molecule has 0 aromatic heterocycles. The maximum atomic E-state index is 12.2. The number of hydrogen-bond donors (Lipinski definition) is 3. The van der Waals surface area contributed by atoms with Crippen molar-refractivity contribution in [2.75, 3.05) is 11.9 Å². The van der Waals surface area contributed by atoms with Gasteiger partial charge in [-0.05, 0) is 36.8 Å². The second-order valence-electron chi connectivity index (χ2n) is 6.65. The normalized spacial score (nSPS) is 11.0. The van der Waals surface area contributed by atoms with Crippen LogP contribution in [0.25, 0.3) is 0 Å². The summed E-state index contributed by atoms with van der Waals surface area (Å²) >= 11 is 0. The van der Waals surface area contributed by atoms with Gasteiger partial charge >= 0.3 is 6.03 Å². The summed E-state index contributed by atoms with van der Waals surface area (Å²) in [6.07, 6.45) is 0. The predicted molar refractivity (Wildman–Crippen MR) is 94.9 cm³/mol. The Morgan fingerprint density at radius 2 is 1.48 bits per heavy atom. The maximum absolute atomic E-state index is 12.2. The molecule has 0 aliphatic rings. The molecule has 0 unspecified atom stereocenters. The summed E-state index contributed by atoms with van der Waals surface area (Å²) in [5.41, 5.74) is 3.08. The zero-order valence-corrected chi connectivity index (χ0v) is 15.0. The van der Waals surface area contributed by atoms with Gasteiger partial charge in [0, 0.05) is 11.7 Å². The first kappa shape index (κ1) is 19.0. The second-order valence-corrected chi connectivity index (χ2v) is 6.65. The highest BCUT2D eigenvalue weighted by Gasteiger charge is 2.16. The van der Waals surface area contributed by atoms with Crippen molar-refractivity contribution in [3.05, 3.63) is 29.3 Å². The van der Waals surface area contributed by atoms with Crippen molar-refractivity contribution in [3.8, 4) is 0 Å². The van der Waals surface area contributed by atoms with Gasteiger partial charge in [-0.15, -0.1) is 0 Å². The molecule has 0 spiro atoms. The molecule has 0 saturated heterocycles. The van der Waals surface area contributed by atoms with Gasteiger partial charge in [0.1, 0.15) is 0 Å². The van der Waals surface area contributed by atoms with Crippen molar-refractivity contribution in [1.82, 2.24) is 10.6 Å². The highest BCUT2D eigenvalue weighted by Crippen LogP contribution is 2.32. The van der Waals surface area contributed by atoms with Crippen molar-refractivity contribution in [2.45, 2.75) is 59.4 Å². The van der Waals surface area contributed by atoms with Crippen LogP contribution in [0.3, 0.4) is 0 Å². The summed E-state index contributed by atoms with van der Waals surface area (Å²) < 4.78 is 0. The van der Waals surface area contributed by atoms with Crippen LogP contribution in [0, 0.1) is 0 Å². The first-order valence-electron chi connectivity index (χ1n) is 8.19. The van der Waals surface area contributed by atoms with Crippen LogP contribution in [-0.4, -0.2) is 24.5 Å². The number of amides is 3. The molecule has 5 nitrogen and oxygen atoms in total. The molecular weight excluding hydrogens is 290 g/mol. The molecule has 1 aromatic carbocycles. The third-order valence-corrected chi connectivity index (χ3v) is 3.47. The lowest BCUT2D eigenvalue weighted by atomic mass is 9.92. The van der Waals surface area contributed by atoms with Crippen LogP contribution in [0.15, 0.2) is 18.2 Å². The number of benzene rings is 1. The summed E-state index contributed by atoms with van der Waals surface area (Å²) in [6, 6.07) is 5.79. The van der Waals surface area contributed by atoms with E-state index in [-0.39, 0.29) is 24.5 Å². The van der Waals surface area contributed by atoms with Gasteiger partial charge in [0.2, 0.25) is 5.91 Å². The minimum Gasteiger partial charge on any atom is -0.336 e. The molecule has 0 fully saturated rings. The van der Waals surface area contributed by atoms with E-state index in [0.717, 1.165) is 16.8 Å². The van der Waals surface area contributed by atoms with Crippen molar-refractivity contribution in [1.29, 1.82) is 0 Å². The molecule has 0 bridgehead atoms. The van der Waals surface area contributed by atoms with E-state index in [2.05, 4.69) is 43.6 Å². The van der Waals surface area contributed by atoms with Crippen molar-refractivity contribution in [2.24, 2.45) is 0 Å². The van der Waals surface area contributed by atoms with E-state index in [9.17, 15) is 9.59 Å². The number of para-hydroxylation sites is 1. The standard InChI is InChI=1S/C18H29N3O2/c1-11(2)14-8-7-9-15(12(3)4)17(14)21-16(22)10-19-18(23)20-13(5)6/h7-9,11-13H,10H2,1-6H3,(H,21,22)(H2,19,20,23). The van der Waals surface area contributed by atoms with Crippen LogP contribution >= 0.6 is 0 Å². The molecule has 3 N–H and O–H groups in total. The Hall–Kier alpha value is -2.04. The minimum atomic E-state index is -0.337. The Kier molecular flexibility index (Phi) is 7.07. The average molecular weight is 319 g/mol. The molecule has 0 radical (unpaired) electrons. The summed E-state index contributed by atoms with van der Waals surface area (Å²) in [7, 11) is 0. The van der Waals surface area contributed by atoms with Gasteiger partial charge in [-0.1, -0.05) is 45.9 Å². The third-order valence-electron chi connectivity index (χ3n) is 3.47. The number of anilines is 1. The summed E-state index contributed by atoms with van der Waals surface area (Å²) in [4.78, 5) is 23.8. The largest absolute Gasteiger partial charge is 0.336 e. The number of hydrogen-bond acceptors (Lipinski definition) is 2. The fraction of sp³-hybridized carbons (Fsp3) is 0.556. The highest BCUT2D eigenvalue weighted by atomic mass is 16.2. The summed E-state index contributed by atoms with van der Waals surface area (Å²) in [5, 5.41) is 8.23. The van der Waals surface area contributed by atoms with E-state index in [1.54, 1.807) is 0 Å². The fourth-order valence-corrected chi connectivity index (χ4v) is 2.35. The van der Waals surface area contributed by atoms with Gasteiger partial charge in [0.25, 0.3) is 0 Å². The highest BCUT2D eigenvalue weighted by molar-refractivity contribution is 5.95. The predicted octanol–water partition coefficient (Wildman–Crippen LogP) is 3.58. The van der Waals surface area contributed by atoms with Gasteiger partial charge in [0.15, 0.2) is 0 Å². The van der Waals surface area contributed by atoms with E-state index in [1.165, 1.54) is 0 Å². The lowest BCUT2D eigenvalue weighted by Gasteiger charge is -2.20. The Bertz CT molecular complexity index is 525. The van der Waals surface area contributed by atoms with Gasteiger partial charge in [-0.25, -0.2) is 4.79 Å². The van der Waals surface area contributed by atoms with Crippen molar-refractivity contribution in [3.63, 3.8) is 0 Å². The van der Waals surface area contributed by atoms with Crippen LogP contribution in [0.1, 0.15) is 64.5 Å². The van der Waals surface area contributed by atoms with Gasteiger partial charge < -0.3 is 16.0 Å². The topological polar surface area (TPSA) is 70.2 Å². The molecule has 0 atom stereocenters. The number of rotatable bonds is 6. The Labute approximate surface area is 139 Å². The molecule has 0 aliphatic heterocycles. The number of carbonyl (C=O) groups excluding carboxylic acids is 2. The monoisotopic (exact) mass is 319 g/mol. The molecule has 0 saturated carbocycles. The molecule has 128 valence electrons. The van der Waals surface area contributed by atoms with Crippen molar-refractivity contribution < 1.29 is 9.59 Å². The molecule has 1 rings (SSSR count). The summed E-state index contributed by atoms with van der Waals surface area (Å²) in [6.45, 7) is 12.1. The van der Waals surface area contributed by atoms with E-state index < -0.39 is 0 Å². The molecular formula is C18H29N3O2. The Morgan fingerprint density at radius 1 is 0.957 bits per heavy atom. The molecule has 23 heavy (non-hydrogen) atoms. The second kappa shape index (κ2) is 8.56. The van der Waals surface area contributed by atoms with Crippen LogP contribution in [0.4, 0.5) is 10.5 Å². The lowest BCUT2D eigenvalue weighted by molar-refractivity contribution is -0.115. The molecule has 0 aliphatic carbocycles. The quantitative estimate of drug-likeness (QED) is 0.750. The van der Waals surface area contributed by atoms with Crippen molar-refractivity contribution >= 4 is 17.6 Å².